The number of aryl methyl sites for hydroxylation is 1. The summed E-state index contributed by atoms with van der Waals surface area (Å²) in [6, 6.07) is 12.7. The summed E-state index contributed by atoms with van der Waals surface area (Å²) in [5.74, 6) is -0.317. The van der Waals surface area contributed by atoms with Crippen LogP contribution in [0.2, 0.25) is 0 Å². The molecule has 0 spiro atoms. The number of pyridine rings is 1. The van der Waals surface area contributed by atoms with Crippen LogP contribution in [0, 0.1) is 6.92 Å². The van der Waals surface area contributed by atoms with Crippen LogP contribution in [0.5, 0.6) is 0 Å². The van der Waals surface area contributed by atoms with Gasteiger partial charge in [-0.2, -0.15) is 0 Å². The van der Waals surface area contributed by atoms with E-state index in [4.69, 9.17) is 0 Å². The number of anilines is 1. The summed E-state index contributed by atoms with van der Waals surface area (Å²) < 4.78 is 2.55. The molecule has 7 nitrogen and oxygen atoms in total. The molecule has 0 aliphatic rings. The summed E-state index contributed by atoms with van der Waals surface area (Å²) in [5.41, 5.74) is 2.61. The largest absolute Gasteiger partial charge is 0.350 e. The maximum atomic E-state index is 12.3. The molecule has 26 heavy (non-hydrogen) atoms. The number of carbonyl (C=O) groups excluding carboxylic acids is 1. The molecule has 130 valence electrons. The Morgan fingerprint density at radius 1 is 1.23 bits per heavy atom. The van der Waals surface area contributed by atoms with Gasteiger partial charge in [0.05, 0.1) is 10.7 Å². The highest BCUT2D eigenvalue weighted by atomic mass is 32.1. The number of fused-ring (bicyclic) bond motifs is 1. The summed E-state index contributed by atoms with van der Waals surface area (Å²) in [7, 11) is 0. The fraction of sp³-hybridized carbons (Fsp3) is 0.111. The van der Waals surface area contributed by atoms with Crippen molar-refractivity contribution in [2.24, 2.45) is 0 Å². The van der Waals surface area contributed by atoms with Crippen LogP contribution in [0.4, 0.5) is 5.69 Å². The predicted molar refractivity (Wildman–Crippen MR) is 100 cm³/mol. The third kappa shape index (κ3) is 3.14. The number of hydrogen-bond donors (Lipinski definition) is 1. The molecule has 3 heterocycles. The number of amides is 1. The average Bonchev–Trinajstić information content (AvgIpc) is 3.20. The molecule has 0 bridgehead atoms. The van der Waals surface area contributed by atoms with Crippen molar-refractivity contribution in [2.75, 3.05) is 5.32 Å². The van der Waals surface area contributed by atoms with Gasteiger partial charge in [0.1, 0.15) is 6.54 Å². The van der Waals surface area contributed by atoms with Gasteiger partial charge in [-0.05, 0) is 31.2 Å². The van der Waals surface area contributed by atoms with Crippen LogP contribution >= 0.6 is 11.3 Å². The molecule has 0 radical (unpaired) electrons. The van der Waals surface area contributed by atoms with E-state index in [2.05, 4.69) is 15.4 Å². The molecular weight excluding hydrogens is 350 g/mol. The molecule has 4 rings (SSSR count). The van der Waals surface area contributed by atoms with Crippen LogP contribution in [-0.2, 0) is 11.3 Å². The Morgan fingerprint density at radius 3 is 2.88 bits per heavy atom. The fourth-order valence-electron chi connectivity index (χ4n) is 2.66. The van der Waals surface area contributed by atoms with E-state index in [-0.39, 0.29) is 18.1 Å². The van der Waals surface area contributed by atoms with E-state index in [9.17, 15) is 9.59 Å². The number of nitrogens with one attached hydrogen (secondary N) is 1. The zero-order valence-corrected chi connectivity index (χ0v) is 14.7. The Hall–Kier alpha value is -3.26. The fourth-order valence-corrected chi connectivity index (χ4v) is 3.28. The second-order valence-electron chi connectivity index (χ2n) is 5.75. The molecule has 1 N–H and O–H groups in total. The molecule has 0 saturated heterocycles. The highest BCUT2D eigenvalue weighted by Crippen LogP contribution is 2.24. The summed E-state index contributed by atoms with van der Waals surface area (Å²) in [4.78, 5) is 29.0. The molecule has 3 aromatic heterocycles. The Kier molecular flexibility index (Phi) is 4.10. The topological polar surface area (TPSA) is 81.3 Å². The monoisotopic (exact) mass is 365 g/mol. The molecule has 8 heteroatoms. The van der Waals surface area contributed by atoms with Gasteiger partial charge in [0.15, 0.2) is 5.65 Å². The minimum Gasteiger partial charge on any atom is -0.324 e. The van der Waals surface area contributed by atoms with Gasteiger partial charge in [0.2, 0.25) is 5.91 Å². The predicted octanol–water partition coefficient (Wildman–Crippen LogP) is 2.57. The van der Waals surface area contributed by atoms with Crippen molar-refractivity contribution < 1.29 is 4.79 Å². The van der Waals surface area contributed by atoms with Crippen LogP contribution < -0.4 is 11.0 Å². The molecule has 4 aromatic rings. The van der Waals surface area contributed by atoms with Crippen molar-refractivity contribution in [1.82, 2.24) is 19.2 Å². The molecule has 0 aliphatic carbocycles. The first-order chi connectivity index (χ1) is 12.6. The van der Waals surface area contributed by atoms with E-state index in [0.29, 0.717) is 11.3 Å². The van der Waals surface area contributed by atoms with Gasteiger partial charge in [-0.15, -0.1) is 16.4 Å². The summed E-state index contributed by atoms with van der Waals surface area (Å²) in [6.07, 6.45) is 1.62. The lowest BCUT2D eigenvalue weighted by Gasteiger charge is -2.06. The summed E-state index contributed by atoms with van der Waals surface area (Å²) >= 11 is 1.58. The van der Waals surface area contributed by atoms with Crippen molar-refractivity contribution in [3.05, 3.63) is 69.5 Å². The number of carbonyl (C=O) groups is 1. The quantitative estimate of drug-likeness (QED) is 0.603. The molecular formula is C18H15N5O2S. The summed E-state index contributed by atoms with van der Waals surface area (Å²) in [6.45, 7) is 1.80. The molecule has 1 amide bonds. The van der Waals surface area contributed by atoms with Crippen molar-refractivity contribution in [3.8, 4) is 11.3 Å². The highest BCUT2D eigenvalue weighted by Gasteiger charge is 2.11. The minimum absolute atomic E-state index is 0.152. The van der Waals surface area contributed by atoms with E-state index in [1.54, 1.807) is 41.8 Å². The molecule has 0 aliphatic heterocycles. The number of benzene rings is 1. The zero-order valence-electron chi connectivity index (χ0n) is 13.9. The van der Waals surface area contributed by atoms with E-state index < -0.39 is 0 Å². The van der Waals surface area contributed by atoms with Gasteiger partial charge in [0.25, 0.3) is 0 Å². The van der Waals surface area contributed by atoms with Crippen LogP contribution in [0.25, 0.3) is 16.9 Å². The first-order valence-corrected chi connectivity index (χ1v) is 8.85. The van der Waals surface area contributed by atoms with Crippen LogP contribution in [0.3, 0.4) is 0 Å². The normalized spacial score (nSPS) is 11.0. The lowest BCUT2D eigenvalue weighted by molar-refractivity contribution is -0.117. The molecule has 0 saturated carbocycles. The van der Waals surface area contributed by atoms with Crippen molar-refractivity contribution in [2.45, 2.75) is 13.5 Å². The molecule has 1 aromatic carbocycles. The minimum atomic E-state index is -0.345. The standard InChI is InChI=1S/C18H15N5O2S/c1-12-19-15(11-26-12)13-5-4-6-14(9-13)20-17(24)10-23-18(25)22-8-3-2-7-16(22)21-23/h2-9,11H,10H2,1H3,(H,20,24). The Balaban J connectivity index is 1.53. The van der Waals surface area contributed by atoms with Gasteiger partial charge in [0, 0.05) is 22.8 Å². The second-order valence-corrected chi connectivity index (χ2v) is 6.81. The van der Waals surface area contributed by atoms with Gasteiger partial charge in [-0.25, -0.2) is 14.5 Å². The zero-order chi connectivity index (χ0) is 18.1. The first kappa shape index (κ1) is 16.2. The van der Waals surface area contributed by atoms with Crippen molar-refractivity contribution in [1.29, 1.82) is 0 Å². The van der Waals surface area contributed by atoms with E-state index in [1.165, 1.54) is 4.40 Å². The Labute approximate surface area is 152 Å². The molecule has 0 fully saturated rings. The van der Waals surface area contributed by atoms with Gasteiger partial charge < -0.3 is 5.32 Å². The van der Waals surface area contributed by atoms with E-state index in [0.717, 1.165) is 20.9 Å². The van der Waals surface area contributed by atoms with E-state index in [1.807, 2.05) is 30.5 Å². The Morgan fingerprint density at radius 2 is 2.12 bits per heavy atom. The number of thiazole rings is 1. The third-order valence-corrected chi connectivity index (χ3v) is 4.62. The number of hydrogen-bond acceptors (Lipinski definition) is 5. The van der Waals surface area contributed by atoms with Gasteiger partial charge in [-0.1, -0.05) is 18.2 Å². The van der Waals surface area contributed by atoms with Crippen molar-refractivity contribution in [3.63, 3.8) is 0 Å². The summed E-state index contributed by atoms with van der Waals surface area (Å²) in [5, 5.41) is 9.93. The average molecular weight is 365 g/mol. The van der Waals surface area contributed by atoms with Crippen LogP contribution in [0.1, 0.15) is 5.01 Å². The lowest BCUT2D eigenvalue weighted by atomic mass is 10.1. The second kappa shape index (κ2) is 6.57. The van der Waals surface area contributed by atoms with Crippen molar-refractivity contribution >= 4 is 28.6 Å². The smallest absolute Gasteiger partial charge is 0.324 e. The molecule has 0 unspecified atom stereocenters. The SMILES string of the molecule is Cc1nc(-c2cccc(NC(=O)Cn3nc4ccccn4c3=O)c2)cs1. The highest BCUT2D eigenvalue weighted by molar-refractivity contribution is 7.09. The number of nitrogens with zero attached hydrogens (tertiary/aromatic N) is 4. The lowest BCUT2D eigenvalue weighted by Crippen LogP contribution is -2.28. The maximum Gasteiger partial charge on any atom is 0.350 e. The third-order valence-electron chi connectivity index (χ3n) is 3.84. The molecule has 0 atom stereocenters. The number of rotatable bonds is 4. The first-order valence-electron chi connectivity index (χ1n) is 7.97. The van der Waals surface area contributed by atoms with E-state index >= 15 is 0 Å². The Bertz CT molecular complexity index is 1160. The maximum absolute atomic E-state index is 12.3. The number of aromatic nitrogens is 4. The van der Waals surface area contributed by atoms with Gasteiger partial charge in [-0.3, -0.25) is 9.20 Å². The van der Waals surface area contributed by atoms with Crippen LogP contribution in [0.15, 0.2) is 58.8 Å². The van der Waals surface area contributed by atoms with Crippen LogP contribution in [-0.4, -0.2) is 25.1 Å². The van der Waals surface area contributed by atoms with Gasteiger partial charge >= 0.3 is 5.69 Å².